The Balaban J connectivity index is 2.61. The van der Waals surface area contributed by atoms with Crippen LogP contribution < -0.4 is 5.73 Å². The molecule has 0 atom stereocenters. The van der Waals surface area contributed by atoms with E-state index in [1.165, 1.54) is 6.07 Å². The van der Waals surface area contributed by atoms with Gasteiger partial charge in [0.15, 0.2) is 0 Å². The Morgan fingerprint density at radius 2 is 2.00 bits per heavy atom. The normalized spacial score (nSPS) is 11.8. The van der Waals surface area contributed by atoms with E-state index in [4.69, 9.17) is 5.73 Å². The Labute approximate surface area is 109 Å². The molecule has 2 aromatic rings. The second kappa shape index (κ2) is 4.31. The Morgan fingerprint density at radius 1 is 1.33 bits per heavy atom. The van der Waals surface area contributed by atoms with Gasteiger partial charge in [-0.05, 0) is 25.1 Å². The Kier molecular flexibility index (Phi) is 3.10. The second-order valence-corrected chi connectivity index (χ2v) is 4.66. The molecule has 1 heterocycles. The number of halogens is 4. The lowest BCUT2D eigenvalue weighted by Gasteiger charge is -2.10. The lowest BCUT2D eigenvalue weighted by Crippen LogP contribution is -2.05. The van der Waals surface area contributed by atoms with Crippen LogP contribution >= 0.6 is 15.9 Å². The molecule has 1 aromatic carbocycles. The van der Waals surface area contributed by atoms with E-state index in [1.807, 2.05) is 0 Å². The van der Waals surface area contributed by atoms with Crippen LogP contribution in [0.3, 0.4) is 0 Å². The van der Waals surface area contributed by atoms with Crippen LogP contribution in [-0.2, 0) is 6.18 Å². The third-order valence-electron chi connectivity index (χ3n) is 2.61. The minimum absolute atomic E-state index is 0.273. The number of anilines is 1. The van der Waals surface area contributed by atoms with Gasteiger partial charge >= 0.3 is 6.18 Å². The number of nitrogens with zero attached hydrogens (tertiary/aromatic N) is 1. The number of alkyl halides is 3. The topological polar surface area (TPSA) is 54.7 Å². The van der Waals surface area contributed by atoms with Crippen molar-refractivity contribution in [3.63, 3.8) is 0 Å². The Bertz CT molecular complexity index is 590. The molecule has 3 nitrogen and oxygen atoms in total. The fraction of sp³-hybridized carbons (Fsp3) is 0.182. The SMILES string of the molecule is Cc1c(N)n[nH]c1-c1cc(C(F)(F)F)ccc1Br. The van der Waals surface area contributed by atoms with Crippen molar-refractivity contribution in [1.82, 2.24) is 10.2 Å². The molecule has 96 valence electrons. The number of nitrogens with one attached hydrogen (secondary N) is 1. The van der Waals surface area contributed by atoms with Crippen LogP contribution in [0.15, 0.2) is 22.7 Å². The first-order chi connectivity index (χ1) is 8.30. The monoisotopic (exact) mass is 319 g/mol. The number of rotatable bonds is 1. The quantitative estimate of drug-likeness (QED) is 0.841. The number of benzene rings is 1. The maximum absolute atomic E-state index is 12.7. The molecule has 0 radical (unpaired) electrons. The maximum Gasteiger partial charge on any atom is 0.416 e. The first-order valence-electron chi connectivity index (χ1n) is 4.98. The van der Waals surface area contributed by atoms with Gasteiger partial charge in [-0.1, -0.05) is 15.9 Å². The zero-order chi connectivity index (χ0) is 13.5. The largest absolute Gasteiger partial charge is 0.416 e. The maximum atomic E-state index is 12.7. The highest BCUT2D eigenvalue weighted by Gasteiger charge is 2.31. The first-order valence-corrected chi connectivity index (χ1v) is 5.77. The molecule has 0 spiro atoms. The molecule has 0 aliphatic rings. The summed E-state index contributed by atoms with van der Waals surface area (Å²) in [5.41, 5.74) is 6.34. The van der Waals surface area contributed by atoms with E-state index in [1.54, 1.807) is 6.92 Å². The molecular weight excluding hydrogens is 311 g/mol. The average Bonchev–Trinajstić information content (AvgIpc) is 2.59. The van der Waals surface area contributed by atoms with Gasteiger partial charge in [-0.15, -0.1) is 0 Å². The lowest BCUT2D eigenvalue weighted by atomic mass is 10.1. The number of aromatic amines is 1. The molecule has 18 heavy (non-hydrogen) atoms. The van der Waals surface area contributed by atoms with E-state index in [0.717, 1.165) is 12.1 Å². The zero-order valence-electron chi connectivity index (χ0n) is 9.27. The molecule has 0 aliphatic carbocycles. The predicted molar refractivity (Wildman–Crippen MR) is 65.9 cm³/mol. The summed E-state index contributed by atoms with van der Waals surface area (Å²) in [6.07, 6.45) is -4.38. The van der Waals surface area contributed by atoms with Crippen molar-refractivity contribution in [3.8, 4) is 11.3 Å². The van der Waals surface area contributed by atoms with E-state index < -0.39 is 11.7 Å². The van der Waals surface area contributed by atoms with Crippen molar-refractivity contribution >= 4 is 21.7 Å². The number of aromatic nitrogens is 2. The standard InChI is InChI=1S/C11H9BrF3N3/c1-5-9(17-18-10(5)16)7-4-6(11(13,14)15)2-3-8(7)12/h2-4H,1H3,(H3,16,17,18). The van der Waals surface area contributed by atoms with E-state index >= 15 is 0 Å². The van der Waals surface area contributed by atoms with Crippen molar-refractivity contribution in [2.24, 2.45) is 0 Å². The molecule has 2 rings (SSSR count). The minimum Gasteiger partial charge on any atom is -0.382 e. The fourth-order valence-corrected chi connectivity index (χ4v) is 2.01. The van der Waals surface area contributed by atoms with Crippen LogP contribution in [-0.4, -0.2) is 10.2 Å². The minimum atomic E-state index is -4.38. The highest BCUT2D eigenvalue weighted by Crippen LogP contribution is 2.36. The number of nitrogens with two attached hydrogens (primary N) is 1. The van der Waals surface area contributed by atoms with Crippen LogP contribution in [0.2, 0.25) is 0 Å². The van der Waals surface area contributed by atoms with E-state index in [-0.39, 0.29) is 5.82 Å². The highest BCUT2D eigenvalue weighted by molar-refractivity contribution is 9.10. The van der Waals surface area contributed by atoms with Crippen molar-refractivity contribution in [2.75, 3.05) is 5.73 Å². The molecule has 7 heteroatoms. The zero-order valence-corrected chi connectivity index (χ0v) is 10.9. The van der Waals surface area contributed by atoms with Gasteiger partial charge in [-0.3, -0.25) is 5.10 Å². The molecule has 0 aliphatic heterocycles. The molecule has 0 fully saturated rings. The van der Waals surface area contributed by atoms with Crippen LogP contribution in [0.25, 0.3) is 11.3 Å². The summed E-state index contributed by atoms with van der Waals surface area (Å²) in [7, 11) is 0. The average molecular weight is 320 g/mol. The number of nitrogen functional groups attached to an aromatic ring is 1. The number of H-pyrrole nitrogens is 1. The summed E-state index contributed by atoms with van der Waals surface area (Å²) < 4.78 is 38.5. The molecule has 1 aromatic heterocycles. The van der Waals surface area contributed by atoms with Gasteiger partial charge < -0.3 is 5.73 Å². The molecule has 3 N–H and O–H groups in total. The number of hydrogen-bond acceptors (Lipinski definition) is 2. The van der Waals surface area contributed by atoms with E-state index in [9.17, 15) is 13.2 Å². The predicted octanol–water partition coefficient (Wildman–Crippen LogP) is 3.75. The second-order valence-electron chi connectivity index (χ2n) is 3.80. The van der Waals surface area contributed by atoms with Crippen LogP contribution in [0.1, 0.15) is 11.1 Å². The Morgan fingerprint density at radius 3 is 2.50 bits per heavy atom. The van der Waals surface area contributed by atoms with Crippen LogP contribution in [0.5, 0.6) is 0 Å². The first kappa shape index (κ1) is 12.9. The summed E-state index contributed by atoms with van der Waals surface area (Å²) in [5, 5.41) is 6.41. The number of hydrogen-bond donors (Lipinski definition) is 2. The summed E-state index contributed by atoms with van der Waals surface area (Å²) in [6.45, 7) is 1.70. The van der Waals surface area contributed by atoms with Gasteiger partial charge in [-0.25, -0.2) is 0 Å². The van der Waals surface area contributed by atoms with Gasteiger partial charge in [0.2, 0.25) is 0 Å². The van der Waals surface area contributed by atoms with Gasteiger partial charge in [0, 0.05) is 15.6 Å². The summed E-state index contributed by atoms with van der Waals surface area (Å²) in [6, 6.07) is 3.43. The van der Waals surface area contributed by atoms with Crippen molar-refractivity contribution < 1.29 is 13.2 Å². The molecule has 0 amide bonds. The van der Waals surface area contributed by atoms with E-state index in [0.29, 0.717) is 21.3 Å². The van der Waals surface area contributed by atoms with Crippen molar-refractivity contribution in [3.05, 3.63) is 33.8 Å². The Hall–Kier alpha value is -1.50. The fourth-order valence-electron chi connectivity index (χ4n) is 1.57. The summed E-state index contributed by atoms with van der Waals surface area (Å²) in [4.78, 5) is 0. The van der Waals surface area contributed by atoms with Gasteiger partial charge in [0.05, 0.1) is 11.3 Å². The third kappa shape index (κ3) is 2.22. The highest BCUT2D eigenvalue weighted by atomic mass is 79.9. The summed E-state index contributed by atoms with van der Waals surface area (Å²) >= 11 is 3.22. The molecule has 0 unspecified atom stereocenters. The molecular formula is C11H9BrF3N3. The van der Waals surface area contributed by atoms with Gasteiger partial charge in [0.1, 0.15) is 5.82 Å². The van der Waals surface area contributed by atoms with Gasteiger partial charge in [0.25, 0.3) is 0 Å². The van der Waals surface area contributed by atoms with Gasteiger partial charge in [-0.2, -0.15) is 18.3 Å². The summed E-state index contributed by atoms with van der Waals surface area (Å²) in [5.74, 6) is 0.273. The van der Waals surface area contributed by atoms with Crippen molar-refractivity contribution in [1.29, 1.82) is 0 Å². The molecule has 0 bridgehead atoms. The lowest BCUT2D eigenvalue weighted by molar-refractivity contribution is -0.137. The van der Waals surface area contributed by atoms with Crippen LogP contribution in [0.4, 0.5) is 19.0 Å². The molecule has 0 saturated heterocycles. The molecule has 0 saturated carbocycles. The third-order valence-corrected chi connectivity index (χ3v) is 3.30. The van der Waals surface area contributed by atoms with E-state index in [2.05, 4.69) is 26.1 Å². The van der Waals surface area contributed by atoms with Crippen LogP contribution in [0, 0.1) is 6.92 Å². The van der Waals surface area contributed by atoms with Crippen molar-refractivity contribution in [2.45, 2.75) is 13.1 Å². The smallest absolute Gasteiger partial charge is 0.382 e.